The quantitative estimate of drug-likeness (QED) is 0.591. The monoisotopic (exact) mass is 230 g/mol. The molecule has 0 amide bonds. The van der Waals surface area contributed by atoms with Gasteiger partial charge in [-0.1, -0.05) is 20.3 Å². The maximum absolute atomic E-state index is 6.02. The first-order valence-electron chi connectivity index (χ1n) is 6.67. The SMILES string of the molecule is CCCC(C)(CC)OCCC(C)(C)OCC. The fourth-order valence-electron chi connectivity index (χ4n) is 1.89. The van der Waals surface area contributed by atoms with Crippen LogP contribution in [0.25, 0.3) is 0 Å². The van der Waals surface area contributed by atoms with Crippen LogP contribution in [0.4, 0.5) is 0 Å². The minimum atomic E-state index is -0.0599. The lowest BCUT2D eigenvalue weighted by Crippen LogP contribution is -2.32. The Balaban J connectivity index is 3.94. The molecular weight excluding hydrogens is 200 g/mol. The van der Waals surface area contributed by atoms with Gasteiger partial charge >= 0.3 is 0 Å². The zero-order valence-electron chi connectivity index (χ0n) is 12.1. The van der Waals surface area contributed by atoms with Gasteiger partial charge in [-0.3, -0.25) is 0 Å². The summed E-state index contributed by atoms with van der Waals surface area (Å²) in [5.41, 5.74) is -0.00728. The molecule has 0 N–H and O–H groups in total. The summed E-state index contributed by atoms with van der Waals surface area (Å²) in [6.45, 7) is 14.5. The lowest BCUT2D eigenvalue weighted by atomic mass is 9.97. The zero-order valence-corrected chi connectivity index (χ0v) is 12.1. The number of ether oxygens (including phenoxy) is 2. The lowest BCUT2D eigenvalue weighted by Gasteiger charge is -2.31. The highest BCUT2D eigenvalue weighted by Crippen LogP contribution is 2.23. The van der Waals surface area contributed by atoms with Gasteiger partial charge in [-0.2, -0.15) is 0 Å². The zero-order chi connectivity index (χ0) is 12.7. The summed E-state index contributed by atoms with van der Waals surface area (Å²) in [5, 5.41) is 0. The summed E-state index contributed by atoms with van der Waals surface area (Å²) in [4.78, 5) is 0. The van der Waals surface area contributed by atoms with Gasteiger partial charge in [-0.25, -0.2) is 0 Å². The molecule has 1 unspecified atom stereocenters. The molecule has 0 saturated carbocycles. The van der Waals surface area contributed by atoms with E-state index in [4.69, 9.17) is 9.47 Å². The minimum Gasteiger partial charge on any atom is -0.376 e. The van der Waals surface area contributed by atoms with E-state index < -0.39 is 0 Å². The largest absolute Gasteiger partial charge is 0.376 e. The van der Waals surface area contributed by atoms with E-state index in [2.05, 4.69) is 34.6 Å². The highest BCUT2D eigenvalue weighted by atomic mass is 16.5. The predicted octanol–water partition coefficient (Wildman–Crippen LogP) is 4.18. The van der Waals surface area contributed by atoms with Crippen molar-refractivity contribution in [2.24, 2.45) is 0 Å². The molecule has 98 valence electrons. The molecule has 0 saturated heterocycles. The summed E-state index contributed by atoms with van der Waals surface area (Å²) >= 11 is 0. The Hall–Kier alpha value is -0.0800. The van der Waals surface area contributed by atoms with Gasteiger partial charge in [0.25, 0.3) is 0 Å². The number of hydrogen-bond donors (Lipinski definition) is 0. The molecule has 16 heavy (non-hydrogen) atoms. The van der Waals surface area contributed by atoms with E-state index in [0.717, 1.165) is 32.5 Å². The van der Waals surface area contributed by atoms with Gasteiger partial charge in [0.15, 0.2) is 0 Å². The number of rotatable bonds is 9. The molecular formula is C14H30O2. The van der Waals surface area contributed by atoms with E-state index in [1.807, 2.05) is 6.92 Å². The lowest BCUT2D eigenvalue weighted by molar-refractivity contribution is -0.0801. The Labute approximate surface area is 102 Å². The van der Waals surface area contributed by atoms with Gasteiger partial charge in [-0.15, -0.1) is 0 Å². The Morgan fingerprint density at radius 2 is 1.50 bits per heavy atom. The van der Waals surface area contributed by atoms with Gasteiger partial charge < -0.3 is 9.47 Å². The van der Waals surface area contributed by atoms with Gasteiger partial charge in [0.05, 0.1) is 17.8 Å². The van der Waals surface area contributed by atoms with Crippen molar-refractivity contribution in [1.82, 2.24) is 0 Å². The predicted molar refractivity (Wildman–Crippen MR) is 69.9 cm³/mol. The van der Waals surface area contributed by atoms with Gasteiger partial charge in [0.2, 0.25) is 0 Å². The van der Waals surface area contributed by atoms with Crippen molar-refractivity contribution < 1.29 is 9.47 Å². The molecule has 0 aliphatic carbocycles. The maximum atomic E-state index is 6.02. The van der Waals surface area contributed by atoms with Crippen LogP contribution in [-0.4, -0.2) is 24.4 Å². The highest BCUT2D eigenvalue weighted by Gasteiger charge is 2.24. The molecule has 0 aromatic carbocycles. The molecule has 0 fully saturated rings. The highest BCUT2D eigenvalue weighted by molar-refractivity contribution is 4.74. The third kappa shape index (κ3) is 6.49. The fourth-order valence-corrected chi connectivity index (χ4v) is 1.89. The normalized spacial score (nSPS) is 16.1. The number of hydrogen-bond acceptors (Lipinski definition) is 2. The molecule has 0 rings (SSSR count). The van der Waals surface area contributed by atoms with Crippen LogP contribution in [0.5, 0.6) is 0 Å². The van der Waals surface area contributed by atoms with Crippen molar-refractivity contribution in [3.05, 3.63) is 0 Å². The summed E-state index contributed by atoms with van der Waals surface area (Å²) < 4.78 is 11.7. The van der Waals surface area contributed by atoms with Crippen LogP contribution in [0, 0.1) is 0 Å². The van der Waals surface area contributed by atoms with E-state index in [1.54, 1.807) is 0 Å². The van der Waals surface area contributed by atoms with Crippen molar-refractivity contribution in [2.45, 2.75) is 78.4 Å². The van der Waals surface area contributed by atoms with Gasteiger partial charge in [0.1, 0.15) is 0 Å². The fraction of sp³-hybridized carbons (Fsp3) is 1.00. The topological polar surface area (TPSA) is 18.5 Å². The second-order valence-electron chi connectivity index (χ2n) is 5.34. The smallest absolute Gasteiger partial charge is 0.0651 e. The van der Waals surface area contributed by atoms with E-state index in [0.29, 0.717) is 0 Å². The first-order valence-corrected chi connectivity index (χ1v) is 6.67. The molecule has 0 heterocycles. The molecule has 0 aliphatic rings. The average molecular weight is 230 g/mol. The summed E-state index contributed by atoms with van der Waals surface area (Å²) in [7, 11) is 0. The standard InChI is InChI=1S/C14H30O2/c1-7-10-14(6,8-2)16-12-11-13(4,5)15-9-3/h7-12H2,1-6H3. The Bertz CT molecular complexity index is 178. The van der Waals surface area contributed by atoms with Crippen LogP contribution in [-0.2, 0) is 9.47 Å². The van der Waals surface area contributed by atoms with Crippen LogP contribution in [0.3, 0.4) is 0 Å². The van der Waals surface area contributed by atoms with Crippen molar-refractivity contribution >= 4 is 0 Å². The second-order valence-corrected chi connectivity index (χ2v) is 5.34. The molecule has 2 heteroatoms. The average Bonchev–Trinajstić information content (AvgIpc) is 2.17. The van der Waals surface area contributed by atoms with Crippen LogP contribution < -0.4 is 0 Å². The summed E-state index contributed by atoms with van der Waals surface area (Å²) in [6.07, 6.45) is 4.35. The Morgan fingerprint density at radius 1 is 0.875 bits per heavy atom. The first kappa shape index (κ1) is 15.9. The summed E-state index contributed by atoms with van der Waals surface area (Å²) in [6, 6.07) is 0. The molecule has 0 aliphatic heterocycles. The molecule has 0 radical (unpaired) electrons. The molecule has 1 atom stereocenters. The minimum absolute atomic E-state index is 0.0526. The first-order chi connectivity index (χ1) is 7.39. The molecule has 2 nitrogen and oxygen atoms in total. The van der Waals surface area contributed by atoms with Crippen molar-refractivity contribution in [3.8, 4) is 0 Å². The Kier molecular flexibility index (Phi) is 7.25. The molecule has 0 aromatic heterocycles. The van der Waals surface area contributed by atoms with Crippen molar-refractivity contribution in [2.75, 3.05) is 13.2 Å². The molecule has 0 aromatic rings. The van der Waals surface area contributed by atoms with E-state index in [1.165, 1.54) is 6.42 Å². The van der Waals surface area contributed by atoms with Crippen molar-refractivity contribution in [1.29, 1.82) is 0 Å². The Morgan fingerprint density at radius 3 is 1.94 bits per heavy atom. The van der Waals surface area contributed by atoms with Gasteiger partial charge in [-0.05, 0) is 47.0 Å². The molecule has 0 bridgehead atoms. The molecule has 0 spiro atoms. The van der Waals surface area contributed by atoms with Crippen LogP contribution in [0.1, 0.15) is 67.2 Å². The van der Waals surface area contributed by atoms with E-state index in [-0.39, 0.29) is 11.2 Å². The van der Waals surface area contributed by atoms with Gasteiger partial charge in [0, 0.05) is 6.61 Å². The maximum Gasteiger partial charge on any atom is 0.0651 e. The van der Waals surface area contributed by atoms with Crippen LogP contribution in [0.2, 0.25) is 0 Å². The second kappa shape index (κ2) is 7.29. The van der Waals surface area contributed by atoms with E-state index in [9.17, 15) is 0 Å². The van der Waals surface area contributed by atoms with Crippen LogP contribution in [0.15, 0.2) is 0 Å². The van der Waals surface area contributed by atoms with Crippen molar-refractivity contribution in [3.63, 3.8) is 0 Å². The summed E-state index contributed by atoms with van der Waals surface area (Å²) in [5.74, 6) is 0. The third-order valence-electron chi connectivity index (χ3n) is 3.22. The van der Waals surface area contributed by atoms with Crippen LogP contribution >= 0.6 is 0 Å². The third-order valence-corrected chi connectivity index (χ3v) is 3.22. The van der Waals surface area contributed by atoms with E-state index >= 15 is 0 Å².